The predicted molar refractivity (Wildman–Crippen MR) is 93.4 cm³/mol. The zero-order valence-electron chi connectivity index (χ0n) is 14.1. The Labute approximate surface area is 142 Å². The molecule has 1 aliphatic carbocycles. The summed E-state index contributed by atoms with van der Waals surface area (Å²) in [6.45, 7) is 4.90. The summed E-state index contributed by atoms with van der Waals surface area (Å²) < 4.78 is 0. The first-order valence-corrected chi connectivity index (χ1v) is 9.39. The maximum atomic E-state index is 12.5. The normalized spacial score (nSPS) is 15.6. The fourth-order valence-electron chi connectivity index (χ4n) is 3.03. The van der Waals surface area contributed by atoms with E-state index in [1.165, 1.54) is 43.4 Å². The Hall–Kier alpha value is -1.43. The molecule has 5 nitrogen and oxygen atoms in total. The monoisotopic (exact) mass is 337 g/mol. The molecular weight excluding hydrogens is 310 g/mol. The van der Waals surface area contributed by atoms with Gasteiger partial charge >= 0.3 is 0 Å². The largest absolute Gasteiger partial charge is 0.333 e. The van der Waals surface area contributed by atoms with Crippen molar-refractivity contribution in [1.29, 1.82) is 0 Å². The van der Waals surface area contributed by atoms with Crippen molar-refractivity contribution < 1.29 is 9.59 Å². The second kappa shape index (κ2) is 9.01. The lowest BCUT2D eigenvalue weighted by Crippen LogP contribution is -2.41. The predicted octanol–water partition coefficient (Wildman–Crippen LogP) is 3.54. The lowest BCUT2D eigenvalue weighted by molar-refractivity contribution is -0.136. The van der Waals surface area contributed by atoms with E-state index in [0.717, 1.165) is 0 Å². The molecule has 2 rings (SSSR count). The van der Waals surface area contributed by atoms with Crippen LogP contribution in [0.2, 0.25) is 0 Å². The number of nitrogens with zero attached hydrogens (tertiary/aromatic N) is 2. The van der Waals surface area contributed by atoms with Gasteiger partial charge in [0, 0.05) is 24.5 Å². The molecule has 1 aromatic heterocycles. The smallest absolute Gasteiger partial charge is 0.245 e. The SMILES string of the molecule is CC(C)CC(=O)N(CC(=O)Nc1nccs1)CC1CCCCC1. The van der Waals surface area contributed by atoms with Crippen LogP contribution in [-0.2, 0) is 9.59 Å². The Balaban J connectivity index is 1.93. The maximum absolute atomic E-state index is 12.5. The summed E-state index contributed by atoms with van der Waals surface area (Å²) in [6.07, 6.45) is 8.26. The first-order valence-electron chi connectivity index (χ1n) is 8.51. The van der Waals surface area contributed by atoms with Crippen LogP contribution in [0, 0.1) is 11.8 Å². The van der Waals surface area contributed by atoms with Crippen molar-refractivity contribution >= 4 is 28.3 Å². The number of anilines is 1. The minimum absolute atomic E-state index is 0.0832. The highest BCUT2D eigenvalue weighted by atomic mass is 32.1. The lowest BCUT2D eigenvalue weighted by atomic mass is 9.89. The van der Waals surface area contributed by atoms with E-state index in [1.54, 1.807) is 11.1 Å². The number of thiazole rings is 1. The van der Waals surface area contributed by atoms with Crippen molar-refractivity contribution in [3.05, 3.63) is 11.6 Å². The number of aromatic nitrogens is 1. The van der Waals surface area contributed by atoms with Gasteiger partial charge in [-0.25, -0.2) is 4.98 Å². The topological polar surface area (TPSA) is 62.3 Å². The van der Waals surface area contributed by atoms with E-state index < -0.39 is 0 Å². The van der Waals surface area contributed by atoms with Gasteiger partial charge in [-0.3, -0.25) is 9.59 Å². The molecule has 1 N–H and O–H groups in total. The van der Waals surface area contributed by atoms with Gasteiger partial charge in [0.1, 0.15) is 0 Å². The van der Waals surface area contributed by atoms with Gasteiger partial charge in [-0.2, -0.15) is 0 Å². The molecule has 0 aliphatic heterocycles. The molecule has 1 aromatic rings. The third kappa shape index (κ3) is 6.29. The highest BCUT2D eigenvalue weighted by molar-refractivity contribution is 7.13. The molecule has 23 heavy (non-hydrogen) atoms. The van der Waals surface area contributed by atoms with E-state index in [9.17, 15) is 9.59 Å². The van der Waals surface area contributed by atoms with E-state index in [4.69, 9.17) is 0 Å². The van der Waals surface area contributed by atoms with Crippen LogP contribution in [0.25, 0.3) is 0 Å². The quantitative estimate of drug-likeness (QED) is 0.828. The van der Waals surface area contributed by atoms with Crippen LogP contribution in [-0.4, -0.2) is 34.8 Å². The van der Waals surface area contributed by atoms with Crippen molar-refractivity contribution in [2.75, 3.05) is 18.4 Å². The van der Waals surface area contributed by atoms with Gasteiger partial charge in [0.25, 0.3) is 0 Å². The molecule has 6 heteroatoms. The average molecular weight is 337 g/mol. The Morgan fingerprint density at radius 1 is 1.35 bits per heavy atom. The summed E-state index contributed by atoms with van der Waals surface area (Å²) in [5.41, 5.74) is 0. The molecule has 0 aromatic carbocycles. The second-order valence-electron chi connectivity index (χ2n) is 6.76. The van der Waals surface area contributed by atoms with Crippen LogP contribution >= 0.6 is 11.3 Å². The van der Waals surface area contributed by atoms with E-state index >= 15 is 0 Å². The Bertz CT molecular complexity index is 496. The number of nitrogens with one attached hydrogen (secondary N) is 1. The van der Waals surface area contributed by atoms with Crippen molar-refractivity contribution in [3.8, 4) is 0 Å². The summed E-state index contributed by atoms with van der Waals surface area (Å²) in [7, 11) is 0. The van der Waals surface area contributed by atoms with E-state index in [0.29, 0.717) is 29.9 Å². The van der Waals surface area contributed by atoms with Crippen LogP contribution in [0.3, 0.4) is 0 Å². The molecule has 0 bridgehead atoms. The lowest BCUT2D eigenvalue weighted by Gasteiger charge is -2.30. The summed E-state index contributed by atoms with van der Waals surface area (Å²) in [5.74, 6) is 0.763. The van der Waals surface area contributed by atoms with E-state index in [-0.39, 0.29) is 18.4 Å². The zero-order chi connectivity index (χ0) is 16.7. The minimum atomic E-state index is -0.159. The molecule has 0 atom stereocenters. The molecule has 2 amide bonds. The highest BCUT2D eigenvalue weighted by Gasteiger charge is 2.23. The van der Waals surface area contributed by atoms with E-state index in [1.807, 2.05) is 19.2 Å². The van der Waals surface area contributed by atoms with Crippen molar-refractivity contribution in [2.24, 2.45) is 11.8 Å². The molecular formula is C17H27N3O2S. The first kappa shape index (κ1) is 17.9. The molecule has 1 aliphatic rings. The first-order chi connectivity index (χ1) is 11.0. The number of hydrogen-bond donors (Lipinski definition) is 1. The van der Waals surface area contributed by atoms with E-state index in [2.05, 4.69) is 10.3 Å². The van der Waals surface area contributed by atoms with Crippen LogP contribution in [0.5, 0.6) is 0 Å². The Morgan fingerprint density at radius 2 is 2.09 bits per heavy atom. The minimum Gasteiger partial charge on any atom is -0.333 e. The van der Waals surface area contributed by atoms with Crippen molar-refractivity contribution in [3.63, 3.8) is 0 Å². The fraction of sp³-hybridized carbons (Fsp3) is 0.706. The molecule has 0 unspecified atom stereocenters. The van der Waals surface area contributed by atoms with Crippen LogP contribution in [0.1, 0.15) is 52.4 Å². The molecule has 1 heterocycles. The summed E-state index contributed by atoms with van der Waals surface area (Å²) in [4.78, 5) is 30.5. The van der Waals surface area contributed by atoms with Crippen LogP contribution in [0.15, 0.2) is 11.6 Å². The second-order valence-corrected chi connectivity index (χ2v) is 7.66. The molecule has 0 spiro atoms. The fourth-order valence-corrected chi connectivity index (χ4v) is 3.58. The standard InChI is InChI=1S/C17H27N3O2S/c1-13(2)10-16(22)20(11-14-6-4-3-5-7-14)12-15(21)19-17-18-8-9-23-17/h8-9,13-14H,3-7,10-12H2,1-2H3,(H,18,19,21). The van der Waals surface area contributed by atoms with Crippen LogP contribution in [0.4, 0.5) is 5.13 Å². The van der Waals surface area contributed by atoms with Gasteiger partial charge in [0.05, 0.1) is 6.54 Å². The van der Waals surface area contributed by atoms with Gasteiger partial charge < -0.3 is 10.2 Å². The number of carbonyl (C=O) groups is 2. The maximum Gasteiger partial charge on any atom is 0.245 e. The summed E-state index contributed by atoms with van der Waals surface area (Å²) >= 11 is 1.39. The van der Waals surface area contributed by atoms with Gasteiger partial charge in [-0.15, -0.1) is 11.3 Å². The Morgan fingerprint density at radius 3 is 2.70 bits per heavy atom. The van der Waals surface area contributed by atoms with Crippen LogP contribution < -0.4 is 5.32 Å². The number of carbonyl (C=O) groups excluding carboxylic acids is 2. The molecule has 1 saturated carbocycles. The third-order valence-corrected chi connectivity index (χ3v) is 4.84. The molecule has 1 fully saturated rings. The summed E-state index contributed by atoms with van der Waals surface area (Å²) in [6, 6.07) is 0. The molecule has 0 saturated heterocycles. The number of amides is 2. The van der Waals surface area contributed by atoms with Gasteiger partial charge in [0.2, 0.25) is 11.8 Å². The molecule has 128 valence electrons. The van der Waals surface area contributed by atoms with Gasteiger partial charge in [-0.05, 0) is 24.7 Å². The molecule has 0 radical (unpaired) electrons. The number of hydrogen-bond acceptors (Lipinski definition) is 4. The van der Waals surface area contributed by atoms with Gasteiger partial charge in [0.15, 0.2) is 5.13 Å². The average Bonchev–Trinajstić information content (AvgIpc) is 2.99. The van der Waals surface area contributed by atoms with Gasteiger partial charge in [-0.1, -0.05) is 33.1 Å². The zero-order valence-corrected chi connectivity index (χ0v) is 14.9. The Kier molecular flexibility index (Phi) is 7.02. The third-order valence-electron chi connectivity index (χ3n) is 4.15. The van der Waals surface area contributed by atoms with Crippen molar-refractivity contribution in [1.82, 2.24) is 9.88 Å². The highest BCUT2D eigenvalue weighted by Crippen LogP contribution is 2.25. The number of rotatable bonds is 7. The van der Waals surface area contributed by atoms with Crippen molar-refractivity contribution in [2.45, 2.75) is 52.4 Å². The summed E-state index contributed by atoms with van der Waals surface area (Å²) in [5, 5.41) is 5.18.